The van der Waals surface area contributed by atoms with Crippen LogP contribution in [0.5, 0.6) is 5.75 Å². The second-order valence-electron chi connectivity index (χ2n) is 8.57. The van der Waals surface area contributed by atoms with Gasteiger partial charge < -0.3 is 30.8 Å². The number of hydrogen-bond acceptors (Lipinski definition) is 8. The van der Waals surface area contributed by atoms with Crippen molar-refractivity contribution in [1.29, 1.82) is 0 Å². The summed E-state index contributed by atoms with van der Waals surface area (Å²) < 4.78 is 14.6. The predicted octanol–water partition coefficient (Wildman–Crippen LogP) is 2.72. The van der Waals surface area contributed by atoms with Crippen molar-refractivity contribution in [2.45, 2.75) is 38.9 Å². The smallest absolute Gasteiger partial charge is 0.270 e. The van der Waals surface area contributed by atoms with Crippen LogP contribution in [0, 0.1) is 0 Å². The van der Waals surface area contributed by atoms with Gasteiger partial charge in [0.25, 0.3) is 11.8 Å². The van der Waals surface area contributed by atoms with Crippen LogP contribution >= 0.6 is 11.5 Å². The molecule has 0 saturated heterocycles. The number of anilines is 1. The number of carbonyl (C=O) groups excluding carboxylic acids is 3. The minimum Gasteiger partial charge on any atom is -0.497 e. The van der Waals surface area contributed by atoms with Crippen LogP contribution in [-0.2, 0) is 11.3 Å². The molecule has 0 aliphatic carbocycles. The minimum atomic E-state index is -1.05. The number of nitrogen functional groups attached to an aromatic ring is 1. The van der Waals surface area contributed by atoms with E-state index in [0.29, 0.717) is 17.1 Å². The fourth-order valence-electron chi connectivity index (χ4n) is 3.31. The zero-order valence-electron chi connectivity index (χ0n) is 19.3. The zero-order chi connectivity index (χ0) is 25.0. The van der Waals surface area contributed by atoms with Gasteiger partial charge in [-0.25, -0.2) is 0 Å². The average molecular weight is 486 g/mol. The lowest BCUT2D eigenvalue weighted by atomic mass is 10.0. The van der Waals surface area contributed by atoms with Crippen LogP contribution in [0.2, 0.25) is 0 Å². The molecule has 0 spiro atoms. The predicted molar refractivity (Wildman–Crippen MR) is 127 cm³/mol. The lowest BCUT2D eigenvalue weighted by Gasteiger charge is -2.33. The number of aromatic nitrogens is 1. The average Bonchev–Trinajstić information content (AvgIpc) is 3.41. The monoisotopic (exact) mass is 485 g/mol. The van der Waals surface area contributed by atoms with Crippen LogP contribution in [0.1, 0.15) is 58.3 Å². The second-order valence-corrected chi connectivity index (χ2v) is 9.34. The first kappa shape index (κ1) is 24.8. The number of primary amides is 1. The number of furan rings is 1. The van der Waals surface area contributed by atoms with E-state index in [2.05, 4.69) is 9.69 Å². The Hall–Kier alpha value is -3.86. The summed E-state index contributed by atoms with van der Waals surface area (Å²) in [5, 5.41) is 2.94. The van der Waals surface area contributed by atoms with Crippen molar-refractivity contribution in [3.05, 3.63) is 64.6 Å². The Morgan fingerprint density at radius 1 is 1.21 bits per heavy atom. The van der Waals surface area contributed by atoms with Gasteiger partial charge in [0.1, 0.15) is 22.4 Å². The molecule has 1 unspecified atom stereocenters. The van der Waals surface area contributed by atoms with E-state index < -0.39 is 29.3 Å². The van der Waals surface area contributed by atoms with Gasteiger partial charge in [0.05, 0.1) is 25.6 Å². The van der Waals surface area contributed by atoms with Crippen LogP contribution in [-0.4, -0.2) is 39.6 Å². The molecule has 0 radical (unpaired) electrons. The van der Waals surface area contributed by atoms with E-state index in [-0.39, 0.29) is 22.8 Å². The number of benzene rings is 1. The van der Waals surface area contributed by atoms with Gasteiger partial charge in [-0.1, -0.05) is 12.1 Å². The maximum atomic E-state index is 13.8. The Morgan fingerprint density at radius 3 is 2.38 bits per heavy atom. The summed E-state index contributed by atoms with van der Waals surface area (Å²) in [7, 11) is 1.54. The highest BCUT2D eigenvalue weighted by atomic mass is 32.1. The van der Waals surface area contributed by atoms with Gasteiger partial charge in [-0.3, -0.25) is 14.4 Å². The maximum absolute atomic E-state index is 13.8. The molecule has 10 nitrogen and oxygen atoms in total. The van der Waals surface area contributed by atoms with Crippen LogP contribution in [0.3, 0.4) is 0 Å². The van der Waals surface area contributed by atoms with Crippen LogP contribution < -0.4 is 21.5 Å². The number of nitrogens with two attached hydrogens (primary N) is 2. The SMILES string of the molecule is COc1ccc(C(C(=O)NC(C)(C)C)N(Cc2ccco2)C(=O)c2snc(C(N)=O)c2N)cc1. The summed E-state index contributed by atoms with van der Waals surface area (Å²) >= 11 is 0.748. The molecule has 0 aliphatic rings. The molecule has 11 heteroatoms. The van der Waals surface area contributed by atoms with E-state index in [1.807, 2.05) is 20.8 Å². The number of rotatable bonds is 8. The van der Waals surface area contributed by atoms with Crippen molar-refractivity contribution in [1.82, 2.24) is 14.6 Å². The normalized spacial score (nSPS) is 12.1. The number of amides is 3. The molecule has 1 aromatic carbocycles. The molecule has 2 aromatic heterocycles. The molecule has 3 amide bonds. The van der Waals surface area contributed by atoms with E-state index in [1.165, 1.54) is 18.3 Å². The number of methoxy groups -OCH3 is 1. The largest absolute Gasteiger partial charge is 0.497 e. The van der Waals surface area contributed by atoms with E-state index in [9.17, 15) is 14.4 Å². The van der Waals surface area contributed by atoms with Gasteiger partial charge in [-0.2, -0.15) is 4.37 Å². The third kappa shape index (κ3) is 5.54. The molecule has 1 atom stereocenters. The van der Waals surface area contributed by atoms with Crippen molar-refractivity contribution in [3.8, 4) is 5.75 Å². The lowest BCUT2D eigenvalue weighted by Crippen LogP contribution is -2.49. The molecule has 34 heavy (non-hydrogen) atoms. The second kappa shape index (κ2) is 9.96. The molecule has 3 rings (SSSR count). The van der Waals surface area contributed by atoms with Gasteiger partial charge in [0, 0.05) is 5.54 Å². The van der Waals surface area contributed by atoms with Crippen molar-refractivity contribution in [2.75, 3.05) is 12.8 Å². The fraction of sp³-hybridized carbons (Fsp3) is 0.304. The Bertz CT molecular complexity index is 1170. The third-order valence-corrected chi connectivity index (χ3v) is 5.66. The van der Waals surface area contributed by atoms with Crippen molar-refractivity contribution in [3.63, 3.8) is 0 Å². The van der Waals surface area contributed by atoms with Crippen LogP contribution in [0.15, 0.2) is 47.1 Å². The quantitative estimate of drug-likeness (QED) is 0.443. The molecule has 5 N–H and O–H groups in total. The third-order valence-electron chi connectivity index (χ3n) is 4.81. The number of nitrogens with zero attached hydrogens (tertiary/aromatic N) is 2. The molecule has 2 heterocycles. The number of nitrogens with one attached hydrogen (secondary N) is 1. The van der Waals surface area contributed by atoms with Crippen molar-refractivity contribution >= 4 is 34.9 Å². The van der Waals surface area contributed by atoms with Gasteiger partial charge in [-0.15, -0.1) is 0 Å². The van der Waals surface area contributed by atoms with Crippen molar-refractivity contribution in [2.24, 2.45) is 5.73 Å². The molecule has 0 fully saturated rings. The molecule has 0 bridgehead atoms. The number of hydrogen-bond donors (Lipinski definition) is 3. The number of ether oxygens (including phenoxy) is 1. The van der Waals surface area contributed by atoms with E-state index >= 15 is 0 Å². The van der Waals surface area contributed by atoms with E-state index in [1.54, 1.807) is 36.4 Å². The molecule has 0 saturated carbocycles. The van der Waals surface area contributed by atoms with Crippen LogP contribution in [0.4, 0.5) is 5.69 Å². The van der Waals surface area contributed by atoms with E-state index in [0.717, 1.165) is 11.5 Å². The minimum absolute atomic E-state index is 0.00225. The Labute approximate surface area is 201 Å². The summed E-state index contributed by atoms with van der Waals surface area (Å²) in [6.07, 6.45) is 1.47. The molecule has 180 valence electrons. The maximum Gasteiger partial charge on any atom is 0.270 e. The first-order valence-electron chi connectivity index (χ1n) is 10.4. The molecule has 3 aromatic rings. The highest BCUT2D eigenvalue weighted by Gasteiger charge is 2.36. The van der Waals surface area contributed by atoms with Crippen molar-refractivity contribution < 1.29 is 23.5 Å². The summed E-state index contributed by atoms with van der Waals surface area (Å²) in [6, 6.07) is 9.14. The highest BCUT2D eigenvalue weighted by Crippen LogP contribution is 2.31. The summed E-state index contributed by atoms with van der Waals surface area (Å²) in [5.41, 5.74) is 11.0. The number of carbonyl (C=O) groups is 3. The van der Waals surface area contributed by atoms with Gasteiger partial charge in [0.2, 0.25) is 5.91 Å². The highest BCUT2D eigenvalue weighted by molar-refractivity contribution is 7.09. The lowest BCUT2D eigenvalue weighted by molar-refractivity contribution is -0.127. The summed E-state index contributed by atoms with van der Waals surface area (Å²) in [6.45, 7) is 5.49. The molecular weight excluding hydrogens is 458 g/mol. The van der Waals surface area contributed by atoms with E-state index in [4.69, 9.17) is 20.6 Å². The summed E-state index contributed by atoms with van der Waals surface area (Å²) in [4.78, 5) is 40.3. The first-order chi connectivity index (χ1) is 16.0. The standard InChI is InChI=1S/C23H27N5O5S/c1-23(2,3)26-21(30)18(13-7-9-14(32-4)10-8-13)28(12-15-6-5-11-33-15)22(31)19-16(24)17(20(25)29)27-34-19/h5-11,18H,12,24H2,1-4H3,(H2,25,29)(H,26,30). The summed E-state index contributed by atoms with van der Waals surface area (Å²) in [5.74, 6) is -0.795. The molecule has 0 aliphatic heterocycles. The zero-order valence-corrected chi connectivity index (χ0v) is 20.1. The Kier molecular flexibility index (Phi) is 7.26. The van der Waals surface area contributed by atoms with Gasteiger partial charge in [0.15, 0.2) is 5.69 Å². The van der Waals surface area contributed by atoms with Gasteiger partial charge in [-0.05, 0) is 62.1 Å². The topological polar surface area (TPSA) is 154 Å². The fourth-order valence-corrected chi connectivity index (χ4v) is 4.07. The molecular formula is C23H27N5O5S. The Balaban J connectivity index is 2.13. The van der Waals surface area contributed by atoms with Crippen LogP contribution in [0.25, 0.3) is 0 Å². The Morgan fingerprint density at radius 2 is 1.88 bits per heavy atom. The first-order valence-corrected chi connectivity index (χ1v) is 11.1. The van der Waals surface area contributed by atoms with Gasteiger partial charge >= 0.3 is 0 Å².